The molecule has 2 rings (SSSR count). The second kappa shape index (κ2) is 10.1. The van der Waals surface area contributed by atoms with Crippen molar-refractivity contribution in [1.82, 2.24) is 20.2 Å². The van der Waals surface area contributed by atoms with E-state index in [1.54, 1.807) is 0 Å². The summed E-state index contributed by atoms with van der Waals surface area (Å²) in [6, 6.07) is 0. The van der Waals surface area contributed by atoms with Crippen LogP contribution in [-0.2, 0) is 17.4 Å². The van der Waals surface area contributed by atoms with Crippen molar-refractivity contribution < 1.29 is 23.0 Å². The molecule has 1 aromatic rings. The summed E-state index contributed by atoms with van der Waals surface area (Å²) in [5.41, 5.74) is -3.04. The summed E-state index contributed by atoms with van der Waals surface area (Å²) >= 11 is 0. The lowest BCUT2D eigenvalue weighted by Gasteiger charge is -2.30. The van der Waals surface area contributed by atoms with Gasteiger partial charge >= 0.3 is 6.18 Å². The maximum atomic E-state index is 13.5. The molecular formula is C18H30F3N5O2. The lowest BCUT2D eigenvalue weighted by molar-refractivity contribution is -0.272. The van der Waals surface area contributed by atoms with Gasteiger partial charge in [0.2, 0.25) is 5.60 Å². The third kappa shape index (κ3) is 6.37. The zero-order chi connectivity index (χ0) is 20.6. The Kier molecular flexibility index (Phi) is 8.11. The summed E-state index contributed by atoms with van der Waals surface area (Å²) in [5.74, 6) is 0.694. The Morgan fingerprint density at radius 1 is 1.39 bits per heavy atom. The molecule has 0 aromatic carbocycles. The SMILES string of the molecule is CCNC(=NCCCOCC1CC1)NCCC(O)(c1nccn1C)C(F)(F)F. The van der Waals surface area contributed by atoms with Crippen molar-refractivity contribution in [2.45, 2.75) is 44.4 Å². The first-order valence-corrected chi connectivity index (χ1v) is 9.64. The standard InChI is InChI=1S/C18H30F3N5O2/c1-3-22-16(24-8-4-12-28-13-14-5-6-14)25-9-7-17(27,18(19,20)21)15-23-10-11-26(15)2/h10-11,14,27H,3-9,12-13H2,1-2H3,(H2,22,24,25). The molecule has 1 aliphatic rings. The van der Waals surface area contributed by atoms with Crippen LogP contribution in [0.4, 0.5) is 13.2 Å². The van der Waals surface area contributed by atoms with Crippen LogP contribution in [0.25, 0.3) is 0 Å². The zero-order valence-corrected chi connectivity index (χ0v) is 16.4. The molecule has 1 fully saturated rings. The summed E-state index contributed by atoms with van der Waals surface area (Å²) in [5, 5.41) is 16.2. The number of halogens is 3. The molecule has 28 heavy (non-hydrogen) atoms. The molecule has 0 saturated heterocycles. The van der Waals surface area contributed by atoms with Gasteiger partial charge in [-0.3, -0.25) is 4.99 Å². The van der Waals surface area contributed by atoms with Gasteiger partial charge in [0.05, 0.1) is 0 Å². The fourth-order valence-electron chi connectivity index (χ4n) is 2.74. The summed E-state index contributed by atoms with van der Waals surface area (Å²) in [6.45, 7) is 4.25. The van der Waals surface area contributed by atoms with Crippen LogP contribution in [0.5, 0.6) is 0 Å². The number of nitrogens with one attached hydrogen (secondary N) is 2. The van der Waals surface area contributed by atoms with Gasteiger partial charge in [-0.05, 0) is 32.1 Å². The monoisotopic (exact) mass is 405 g/mol. The molecule has 0 aliphatic heterocycles. The Morgan fingerprint density at radius 3 is 2.71 bits per heavy atom. The normalized spacial score (nSPS) is 17.4. The molecule has 1 unspecified atom stereocenters. The largest absolute Gasteiger partial charge is 0.424 e. The number of aliphatic hydroxyl groups is 1. The van der Waals surface area contributed by atoms with Gasteiger partial charge < -0.3 is 25.0 Å². The highest BCUT2D eigenvalue weighted by Crippen LogP contribution is 2.40. The molecule has 3 N–H and O–H groups in total. The molecule has 0 radical (unpaired) electrons. The number of guanidine groups is 1. The van der Waals surface area contributed by atoms with E-state index in [0.717, 1.165) is 13.0 Å². The number of alkyl halides is 3. The average molecular weight is 405 g/mol. The number of hydrogen-bond donors (Lipinski definition) is 3. The Bertz CT molecular complexity index is 631. The van der Waals surface area contributed by atoms with Crippen molar-refractivity contribution >= 4 is 5.96 Å². The number of imidazole rings is 1. The smallest absolute Gasteiger partial charge is 0.381 e. The van der Waals surface area contributed by atoms with Crippen molar-refractivity contribution in [2.75, 3.05) is 32.8 Å². The van der Waals surface area contributed by atoms with E-state index in [0.29, 0.717) is 31.6 Å². The maximum Gasteiger partial charge on any atom is 0.424 e. The van der Waals surface area contributed by atoms with Gasteiger partial charge in [0.15, 0.2) is 5.96 Å². The molecule has 0 bridgehead atoms. The number of aryl methyl sites for hydroxylation is 1. The highest BCUT2D eigenvalue weighted by Gasteiger charge is 2.57. The maximum absolute atomic E-state index is 13.5. The van der Waals surface area contributed by atoms with E-state index in [9.17, 15) is 18.3 Å². The van der Waals surface area contributed by atoms with E-state index in [-0.39, 0.29) is 6.54 Å². The van der Waals surface area contributed by atoms with Gasteiger partial charge in [-0.1, -0.05) is 0 Å². The molecule has 1 atom stereocenters. The van der Waals surface area contributed by atoms with Crippen molar-refractivity contribution in [3.05, 3.63) is 18.2 Å². The fraction of sp³-hybridized carbons (Fsp3) is 0.778. The first-order chi connectivity index (χ1) is 13.3. The van der Waals surface area contributed by atoms with Crippen LogP contribution >= 0.6 is 0 Å². The summed E-state index contributed by atoms with van der Waals surface area (Å²) in [7, 11) is 1.42. The lowest BCUT2D eigenvalue weighted by Crippen LogP contribution is -2.48. The topological polar surface area (TPSA) is 83.7 Å². The second-order valence-electron chi connectivity index (χ2n) is 7.03. The van der Waals surface area contributed by atoms with Gasteiger partial charge in [0, 0.05) is 58.7 Å². The Hall–Kier alpha value is -1.81. The molecule has 10 heteroatoms. The van der Waals surface area contributed by atoms with Gasteiger partial charge in [-0.2, -0.15) is 13.2 Å². The van der Waals surface area contributed by atoms with Crippen molar-refractivity contribution in [3.63, 3.8) is 0 Å². The molecule has 0 spiro atoms. The van der Waals surface area contributed by atoms with E-state index in [1.807, 2.05) is 6.92 Å². The minimum Gasteiger partial charge on any atom is -0.381 e. The molecule has 160 valence electrons. The fourth-order valence-corrected chi connectivity index (χ4v) is 2.74. The van der Waals surface area contributed by atoms with E-state index >= 15 is 0 Å². The minimum atomic E-state index is -4.85. The highest BCUT2D eigenvalue weighted by molar-refractivity contribution is 5.79. The van der Waals surface area contributed by atoms with E-state index in [4.69, 9.17) is 4.74 Å². The number of aliphatic imine (C=N–C) groups is 1. The summed E-state index contributed by atoms with van der Waals surface area (Å²) < 4.78 is 47.2. The van der Waals surface area contributed by atoms with E-state index in [1.165, 1.54) is 36.9 Å². The van der Waals surface area contributed by atoms with Crippen molar-refractivity contribution in [1.29, 1.82) is 0 Å². The van der Waals surface area contributed by atoms with Crippen LogP contribution in [-0.4, -0.2) is 59.6 Å². The first-order valence-electron chi connectivity index (χ1n) is 9.64. The number of ether oxygens (including phenoxy) is 1. The van der Waals surface area contributed by atoms with Crippen LogP contribution in [0.15, 0.2) is 17.4 Å². The number of hydrogen-bond acceptors (Lipinski definition) is 4. The van der Waals surface area contributed by atoms with E-state index < -0.39 is 24.0 Å². The summed E-state index contributed by atoms with van der Waals surface area (Å²) in [4.78, 5) is 8.03. The predicted molar refractivity (Wildman–Crippen MR) is 99.9 cm³/mol. The van der Waals surface area contributed by atoms with Crippen LogP contribution in [0.1, 0.15) is 38.4 Å². The quantitative estimate of drug-likeness (QED) is 0.298. The summed E-state index contributed by atoms with van der Waals surface area (Å²) in [6.07, 6.45) is 0.401. The lowest BCUT2D eigenvalue weighted by atomic mass is 9.97. The van der Waals surface area contributed by atoms with Crippen molar-refractivity contribution in [3.8, 4) is 0 Å². The van der Waals surface area contributed by atoms with E-state index in [2.05, 4.69) is 20.6 Å². The number of aromatic nitrogens is 2. The van der Waals surface area contributed by atoms with Crippen LogP contribution in [0, 0.1) is 5.92 Å². The van der Waals surface area contributed by atoms with Crippen LogP contribution < -0.4 is 10.6 Å². The third-order valence-corrected chi connectivity index (χ3v) is 4.55. The Morgan fingerprint density at radius 2 is 2.14 bits per heavy atom. The molecule has 7 nitrogen and oxygen atoms in total. The van der Waals surface area contributed by atoms with Crippen LogP contribution in [0.3, 0.4) is 0 Å². The Balaban J connectivity index is 1.84. The van der Waals surface area contributed by atoms with Gasteiger partial charge in [-0.25, -0.2) is 4.98 Å². The van der Waals surface area contributed by atoms with Gasteiger partial charge in [0.25, 0.3) is 0 Å². The van der Waals surface area contributed by atoms with Crippen molar-refractivity contribution in [2.24, 2.45) is 18.0 Å². The highest BCUT2D eigenvalue weighted by atomic mass is 19.4. The first kappa shape index (κ1) is 22.5. The van der Waals surface area contributed by atoms with Crippen LogP contribution in [0.2, 0.25) is 0 Å². The zero-order valence-electron chi connectivity index (χ0n) is 16.4. The molecule has 1 saturated carbocycles. The number of nitrogens with zero attached hydrogens (tertiary/aromatic N) is 3. The minimum absolute atomic E-state index is 0.118. The molecule has 0 amide bonds. The van der Waals surface area contributed by atoms with Gasteiger partial charge in [0.1, 0.15) is 5.82 Å². The Labute approximate surface area is 163 Å². The van der Waals surface area contributed by atoms with Gasteiger partial charge in [-0.15, -0.1) is 0 Å². The molecular weight excluding hydrogens is 375 g/mol. The molecule has 1 heterocycles. The number of rotatable bonds is 11. The molecule has 1 aromatic heterocycles. The third-order valence-electron chi connectivity index (χ3n) is 4.55. The molecule has 1 aliphatic carbocycles. The second-order valence-corrected chi connectivity index (χ2v) is 7.03. The predicted octanol–water partition coefficient (Wildman–Crippen LogP) is 1.93. The average Bonchev–Trinajstić information content (AvgIpc) is 3.35.